The first-order valence-corrected chi connectivity index (χ1v) is 5.71. The van der Waals surface area contributed by atoms with E-state index in [-0.39, 0.29) is 18.8 Å². The van der Waals surface area contributed by atoms with E-state index in [4.69, 9.17) is 14.7 Å². The predicted octanol–water partition coefficient (Wildman–Crippen LogP) is 1.88. The summed E-state index contributed by atoms with van der Waals surface area (Å²) in [5.74, 6) is 0. The van der Waals surface area contributed by atoms with Gasteiger partial charge in [-0.1, -0.05) is 29.4 Å². The van der Waals surface area contributed by atoms with Crippen LogP contribution in [0.15, 0.2) is 29.4 Å². The fourth-order valence-electron chi connectivity index (χ4n) is 1.78. The van der Waals surface area contributed by atoms with Crippen LogP contribution in [0.5, 0.6) is 0 Å². The van der Waals surface area contributed by atoms with Gasteiger partial charge in [-0.05, 0) is 18.1 Å². The van der Waals surface area contributed by atoms with Crippen molar-refractivity contribution in [2.75, 3.05) is 13.7 Å². The Hall–Kier alpha value is -1.39. The average molecular weight is 235 g/mol. The van der Waals surface area contributed by atoms with Gasteiger partial charge >= 0.3 is 0 Å². The molecular weight excluding hydrogens is 218 g/mol. The molecule has 4 nitrogen and oxygen atoms in total. The monoisotopic (exact) mass is 235 g/mol. The molecule has 0 bridgehead atoms. The van der Waals surface area contributed by atoms with Gasteiger partial charge in [-0.2, -0.15) is 0 Å². The maximum Gasteiger partial charge on any atom is 0.156 e. The standard InChI is InChI=1S/C13H17NO3/c1-9(16-2)10-3-5-11(6-4-10)13-7-12(8-15)17-14-13/h3-6,9,12,15H,7-8H2,1-2H3. The maximum absolute atomic E-state index is 8.96. The molecule has 0 radical (unpaired) electrons. The highest BCUT2D eigenvalue weighted by Gasteiger charge is 2.21. The number of aliphatic hydroxyl groups excluding tert-OH is 1. The number of rotatable bonds is 4. The van der Waals surface area contributed by atoms with E-state index in [0.29, 0.717) is 6.42 Å². The van der Waals surface area contributed by atoms with Gasteiger partial charge in [-0.15, -0.1) is 0 Å². The molecule has 0 amide bonds. The average Bonchev–Trinajstić information content (AvgIpc) is 2.87. The smallest absolute Gasteiger partial charge is 0.156 e. The molecular formula is C13H17NO3. The molecule has 0 aliphatic carbocycles. The summed E-state index contributed by atoms with van der Waals surface area (Å²) in [5.41, 5.74) is 3.06. The molecule has 2 rings (SSSR count). The Labute approximate surface area is 101 Å². The van der Waals surface area contributed by atoms with E-state index >= 15 is 0 Å². The molecule has 1 N–H and O–H groups in total. The maximum atomic E-state index is 8.96. The van der Waals surface area contributed by atoms with Crippen molar-refractivity contribution in [3.63, 3.8) is 0 Å². The van der Waals surface area contributed by atoms with Crippen LogP contribution in [-0.4, -0.2) is 30.6 Å². The number of methoxy groups -OCH3 is 1. The summed E-state index contributed by atoms with van der Waals surface area (Å²) >= 11 is 0. The van der Waals surface area contributed by atoms with Crippen LogP contribution in [0.25, 0.3) is 0 Å². The van der Waals surface area contributed by atoms with Crippen molar-refractivity contribution in [2.24, 2.45) is 5.16 Å². The Morgan fingerprint density at radius 3 is 2.71 bits per heavy atom. The number of ether oxygens (including phenoxy) is 1. The van der Waals surface area contributed by atoms with Crippen LogP contribution in [-0.2, 0) is 9.57 Å². The Bertz CT molecular complexity index is 400. The van der Waals surface area contributed by atoms with E-state index in [0.717, 1.165) is 16.8 Å². The van der Waals surface area contributed by atoms with Crippen LogP contribution in [0.2, 0.25) is 0 Å². The zero-order chi connectivity index (χ0) is 12.3. The lowest BCUT2D eigenvalue weighted by atomic mass is 10.0. The molecule has 2 unspecified atom stereocenters. The van der Waals surface area contributed by atoms with Gasteiger partial charge in [0.1, 0.15) is 0 Å². The van der Waals surface area contributed by atoms with Crippen molar-refractivity contribution in [1.82, 2.24) is 0 Å². The quantitative estimate of drug-likeness (QED) is 0.866. The van der Waals surface area contributed by atoms with Crippen molar-refractivity contribution >= 4 is 5.71 Å². The molecule has 92 valence electrons. The minimum absolute atomic E-state index is 0.00575. The van der Waals surface area contributed by atoms with Gasteiger partial charge in [0.05, 0.1) is 18.4 Å². The van der Waals surface area contributed by atoms with Gasteiger partial charge in [-0.3, -0.25) is 0 Å². The largest absolute Gasteiger partial charge is 0.392 e. The Morgan fingerprint density at radius 2 is 2.18 bits per heavy atom. The second-order valence-corrected chi connectivity index (χ2v) is 4.15. The number of benzene rings is 1. The topological polar surface area (TPSA) is 51.0 Å². The summed E-state index contributed by atoms with van der Waals surface area (Å²) in [4.78, 5) is 5.08. The Kier molecular flexibility index (Phi) is 3.76. The molecule has 4 heteroatoms. The summed E-state index contributed by atoms with van der Waals surface area (Å²) in [6.07, 6.45) is 0.564. The highest BCUT2D eigenvalue weighted by molar-refractivity contribution is 6.01. The van der Waals surface area contributed by atoms with E-state index in [2.05, 4.69) is 5.16 Å². The molecule has 0 spiro atoms. The molecule has 1 aliphatic heterocycles. The van der Waals surface area contributed by atoms with Crippen LogP contribution in [0.3, 0.4) is 0 Å². The molecule has 0 saturated heterocycles. The van der Waals surface area contributed by atoms with E-state index in [1.807, 2.05) is 31.2 Å². The van der Waals surface area contributed by atoms with Crippen LogP contribution in [0.4, 0.5) is 0 Å². The van der Waals surface area contributed by atoms with Crippen molar-refractivity contribution in [2.45, 2.75) is 25.6 Å². The number of hydrogen-bond acceptors (Lipinski definition) is 4. The first kappa shape index (κ1) is 12.1. The second kappa shape index (κ2) is 5.29. The highest BCUT2D eigenvalue weighted by atomic mass is 16.6. The van der Waals surface area contributed by atoms with Crippen LogP contribution in [0.1, 0.15) is 30.6 Å². The molecule has 17 heavy (non-hydrogen) atoms. The number of aliphatic hydroxyl groups is 1. The summed E-state index contributed by atoms with van der Waals surface area (Å²) in [7, 11) is 1.69. The van der Waals surface area contributed by atoms with E-state index in [9.17, 15) is 0 Å². The summed E-state index contributed by atoms with van der Waals surface area (Å²) in [6.45, 7) is 2.01. The molecule has 2 atom stereocenters. The zero-order valence-corrected chi connectivity index (χ0v) is 10.1. The van der Waals surface area contributed by atoms with Gasteiger partial charge in [-0.25, -0.2) is 0 Å². The van der Waals surface area contributed by atoms with Crippen molar-refractivity contribution in [3.05, 3.63) is 35.4 Å². The van der Waals surface area contributed by atoms with Crippen molar-refractivity contribution < 1.29 is 14.7 Å². The van der Waals surface area contributed by atoms with E-state index < -0.39 is 0 Å². The Balaban J connectivity index is 2.09. The van der Waals surface area contributed by atoms with E-state index in [1.165, 1.54) is 0 Å². The fourth-order valence-corrected chi connectivity index (χ4v) is 1.78. The van der Waals surface area contributed by atoms with Gasteiger partial charge in [0.2, 0.25) is 0 Å². The fraction of sp³-hybridized carbons (Fsp3) is 0.462. The third-order valence-electron chi connectivity index (χ3n) is 3.00. The highest BCUT2D eigenvalue weighted by Crippen LogP contribution is 2.20. The normalized spacial score (nSPS) is 20.9. The van der Waals surface area contributed by atoms with Crippen molar-refractivity contribution in [1.29, 1.82) is 0 Å². The third kappa shape index (κ3) is 2.65. The van der Waals surface area contributed by atoms with Gasteiger partial charge < -0.3 is 14.7 Å². The van der Waals surface area contributed by atoms with Crippen LogP contribution in [0, 0.1) is 0 Å². The van der Waals surface area contributed by atoms with Crippen molar-refractivity contribution in [3.8, 4) is 0 Å². The summed E-state index contributed by atoms with van der Waals surface area (Å²) in [6, 6.07) is 8.07. The van der Waals surface area contributed by atoms with Crippen LogP contribution >= 0.6 is 0 Å². The molecule has 0 saturated carbocycles. The molecule has 0 fully saturated rings. The number of oxime groups is 1. The SMILES string of the molecule is COC(C)c1ccc(C2=NOC(CO)C2)cc1. The number of nitrogens with zero attached hydrogens (tertiary/aromatic N) is 1. The summed E-state index contributed by atoms with van der Waals surface area (Å²) < 4.78 is 5.25. The third-order valence-corrected chi connectivity index (χ3v) is 3.00. The number of hydrogen-bond donors (Lipinski definition) is 1. The molecule has 1 aliphatic rings. The predicted molar refractivity (Wildman–Crippen MR) is 65.0 cm³/mol. The van der Waals surface area contributed by atoms with Crippen LogP contribution < -0.4 is 0 Å². The zero-order valence-electron chi connectivity index (χ0n) is 10.1. The molecule has 1 aromatic carbocycles. The Morgan fingerprint density at radius 1 is 1.47 bits per heavy atom. The second-order valence-electron chi connectivity index (χ2n) is 4.15. The lowest BCUT2D eigenvalue weighted by Gasteiger charge is -2.10. The molecule has 1 heterocycles. The lowest BCUT2D eigenvalue weighted by Crippen LogP contribution is -2.12. The summed E-state index contributed by atoms with van der Waals surface area (Å²) in [5, 5.41) is 12.9. The van der Waals surface area contributed by atoms with Gasteiger partial charge in [0, 0.05) is 13.5 Å². The minimum atomic E-state index is -0.192. The molecule has 0 aromatic heterocycles. The first-order chi connectivity index (χ1) is 8.24. The lowest BCUT2D eigenvalue weighted by molar-refractivity contribution is 0.0390. The first-order valence-electron chi connectivity index (χ1n) is 5.71. The molecule has 1 aromatic rings. The minimum Gasteiger partial charge on any atom is -0.392 e. The van der Waals surface area contributed by atoms with E-state index in [1.54, 1.807) is 7.11 Å². The van der Waals surface area contributed by atoms with Gasteiger partial charge in [0.15, 0.2) is 6.10 Å². The van der Waals surface area contributed by atoms with Gasteiger partial charge in [0.25, 0.3) is 0 Å².